The molecule has 0 aliphatic heterocycles. The Hall–Kier alpha value is -0.220. The molecule has 1 aromatic carbocycles. The molecule has 2 N–H and O–H groups in total. The SMILES string of the molecule is CCSCCC(CN)N(C)C(C)c1ccc(Cl)cc1. The number of nitrogens with zero attached hydrogens (tertiary/aromatic N) is 1. The minimum absolute atomic E-state index is 0.359. The molecule has 0 aliphatic carbocycles. The van der Waals surface area contributed by atoms with E-state index < -0.39 is 0 Å². The van der Waals surface area contributed by atoms with Gasteiger partial charge in [-0.2, -0.15) is 11.8 Å². The van der Waals surface area contributed by atoms with E-state index in [9.17, 15) is 0 Å². The van der Waals surface area contributed by atoms with Crippen molar-refractivity contribution in [1.29, 1.82) is 0 Å². The summed E-state index contributed by atoms with van der Waals surface area (Å²) in [4.78, 5) is 2.37. The third-order valence-corrected chi connectivity index (χ3v) is 4.80. The van der Waals surface area contributed by atoms with Crippen LogP contribution in [-0.2, 0) is 0 Å². The number of thioether (sulfide) groups is 1. The van der Waals surface area contributed by atoms with Crippen LogP contribution < -0.4 is 5.73 Å². The minimum atomic E-state index is 0.359. The largest absolute Gasteiger partial charge is 0.329 e. The van der Waals surface area contributed by atoms with Crippen LogP contribution in [0.25, 0.3) is 0 Å². The van der Waals surface area contributed by atoms with E-state index in [0.29, 0.717) is 18.6 Å². The van der Waals surface area contributed by atoms with Gasteiger partial charge in [0.05, 0.1) is 0 Å². The van der Waals surface area contributed by atoms with Gasteiger partial charge >= 0.3 is 0 Å². The van der Waals surface area contributed by atoms with Crippen molar-refractivity contribution in [3.05, 3.63) is 34.9 Å². The zero-order valence-electron chi connectivity index (χ0n) is 12.1. The predicted octanol–water partition coefficient (Wildman–Crippen LogP) is 3.80. The fraction of sp³-hybridized carbons (Fsp3) is 0.600. The summed E-state index contributed by atoms with van der Waals surface area (Å²) >= 11 is 7.91. The van der Waals surface area contributed by atoms with E-state index in [0.717, 1.165) is 11.4 Å². The summed E-state index contributed by atoms with van der Waals surface area (Å²) in [6.07, 6.45) is 1.14. The van der Waals surface area contributed by atoms with Crippen LogP contribution in [0.3, 0.4) is 0 Å². The Morgan fingerprint density at radius 1 is 1.32 bits per heavy atom. The van der Waals surface area contributed by atoms with Gasteiger partial charge in [-0.1, -0.05) is 30.7 Å². The van der Waals surface area contributed by atoms with Crippen molar-refractivity contribution >= 4 is 23.4 Å². The molecular weight excluding hydrogens is 276 g/mol. The molecular formula is C15H25ClN2S. The number of likely N-dealkylation sites (N-methyl/N-ethyl adjacent to an activating group) is 1. The molecule has 2 atom stereocenters. The van der Waals surface area contributed by atoms with Crippen LogP contribution in [0.2, 0.25) is 5.02 Å². The molecule has 0 fully saturated rings. The Balaban J connectivity index is 2.62. The van der Waals surface area contributed by atoms with E-state index in [1.165, 1.54) is 17.1 Å². The number of hydrogen-bond donors (Lipinski definition) is 1. The highest BCUT2D eigenvalue weighted by Gasteiger charge is 2.19. The molecule has 0 bridgehead atoms. The Kier molecular flexibility index (Phi) is 7.84. The van der Waals surface area contributed by atoms with Crippen LogP contribution in [0.4, 0.5) is 0 Å². The van der Waals surface area contributed by atoms with Gasteiger partial charge in [-0.3, -0.25) is 4.90 Å². The summed E-state index contributed by atoms with van der Waals surface area (Å²) in [5.74, 6) is 2.35. The molecule has 19 heavy (non-hydrogen) atoms. The Bertz CT molecular complexity index is 356. The first-order valence-corrected chi connectivity index (χ1v) is 8.38. The molecule has 0 saturated heterocycles. The highest BCUT2D eigenvalue weighted by Crippen LogP contribution is 2.23. The molecule has 2 unspecified atom stereocenters. The summed E-state index contributed by atoms with van der Waals surface area (Å²) in [6.45, 7) is 5.12. The van der Waals surface area contributed by atoms with Gasteiger partial charge in [0, 0.05) is 23.7 Å². The average molecular weight is 301 g/mol. The molecule has 4 heteroatoms. The van der Waals surface area contributed by atoms with Gasteiger partial charge in [0.1, 0.15) is 0 Å². The Labute approximate surface area is 126 Å². The molecule has 1 rings (SSSR count). The van der Waals surface area contributed by atoms with E-state index in [-0.39, 0.29) is 0 Å². The second kappa shape index (κ2) is 8.85. The predicted molar refractivity (Wildman–Crippen MR) is 88.1 cm³/mol. The van der Waals surface area contributed by atoms with E-state index in [1.54, 1.807) is 0 Å². The monoisotopic (exact) mass is 300 g/mol. The summed E-state index contributed by atoms with van der Waals surface area (Å²) in [5, 5.41) is 0.785. The zero-order chi connectivity index (χ0) is 14.3. The molecule has 0 saturated carbocycles. The number of rotatable bonds is 8. The summed E-state index contributed by atoms with van der Waals surface area (Å²) in [6, 6.07) is 8.88. The quantitative estimate of drug-likeness (QED) is 0.740. The molecule has 0 spiro atoms. The van der Waals surface area contributed by atoms with Crippen LogP contribution in [-0.4, -0.2) is 36.0 Å². The fourth-order valence-electron chi connectivity index (χ4n) is 2.14. The van der Waals surface area contributed by atoms with Gasteiger partial charge in [0.2, 0.25) is 0 Å². The topological polar surface area (TPSA) is 29.3 Å². The van der Waals surface area contributed by atoms with Crippen molar-refractivity contribution in [2.75, 3.05) is 25.1 Å². The number of halogens is 1. The van der Waals surface area contributed by atoms with Gasteiger partial charge in [0.25, 0.3) is 0 Å². The lowest BCUT2D eigenvalue weighted by molar-refractivity contribution is 0.185. The lowest BCUT2D eigenvalue weighted by Crippen LogP contribution is -2.39. The van der Waals surface area contributed by atoms with Gasteiger partial charge in [-0.25, -0.2) is 0 Å². The van der Waals surface area contributed by atoms with E-state index in [2.05, 4.69) is 37.9 Å². The fourth-order valence-corrected chi connectivity index (χ4v) is 3.00. The molecule has 108 valence electrons. The van der Waals surface area contributed by atoms with Crippen LogP contribution in [0.15, 0.2) is 24.3 Å². The van der Waals surface area contributed by atoms with E-state index in [4.69, 9.17) is 17.3 Å². The molecule has 0 heterocycles. The third kappa shape index (κ3) is 5.35. The van der Waals surface area contributed by atoms with Crippen molar-refractivity contribution < 1.29 is 0 Å². The third-order valence-electron chi connectivity index (χ3n) is 3.61. The number of benzene rings is 1. The average Bonchev–Trinajstić information content (AvgIpc) is 2.43. The van der Waals surface area contributed by atoms with Crippen molar-refractivity contribution in [2.45, 2.75) is 32.4 Å². The van der Waals surface area contributed by atoms with Crippen molar-refractivity contribution in [3.8, 4) is 0 Å². The summed E-state index contributed by atoms with van der Waals surface area (Å²) < 4.78 is 0. The Morgan fingerprint density at radius 2 is 1.95 bits per heavy atom. The van der Waals surface area contributed by atoms with Gasteiger partial charge in [0.15, 0.2) is 0 Å². The summed E-state index contributed by atoms with van der Waals surface area (Å²) in [5.41, 5.74) is 7.21. The normalized spacial score (nSPS) is 14.6. The summed E-state index contributed by atoms with van der Waals surface area (Å²) in [7, 11) is 2.16. The first kappa shape index (κ1) is 16.8. The minimum Gasteiger partial charge on any atom is -0.329 e. The van der Waals surface area contributed by atoms with Crippen LogP contribution in [0.1, 0.15) is 31.9 Å². The van der Waals surface area contributed by atoms with Crippen LogP contribution in [0, 0.1) is 0 Å². The first-order chi connectivity index (χ1) is 9.10. The Morgan fingerprint density at radius 3 is 2.47 bits per heavy atom. The molecule has 0 amide bonds. The van der Waals surface area contributed by atoms with Crippen LogP contribution in [0.5, 0.6) is 0 Å². The molecule has 2 nitrogen and oxygen atoms in total. The maximum absolute atomic E-state index is 5.93. The molecule has 1 aromatic rings. The molecule has 0 aliphatic rings. The number of nitrogens with two attached hydrogens (primary N) is 1. The maximum atomic E-state index is 5.93. The second-order valence-electron chi connectivity index (χ2n) is 4.77. The lowest BCUT2D eigenvalue weighted by Gasteiger charge is -2.32. The lowest BCUT2D eigenvalue weighted by atomic mass is 10.0. The van der Waals surface area contributed by atoms with E-state index in [1.807, 2.05) is 23.9 Å². The van der Waals surface area contributed by atoms with Gasteiger partial charge in [-0.15, -0.1) is 0 Å². The standard InChI is InChI=1S/C15H25ClN2S/c1-4-19-10-9-15(11-17)18(3)12(2)13-5-7-14(16)8-6-13/h5-8,12,15H,4,9-11,17H2,1-3H3. The smallest absolute Gasteiger partial charge is 0.0406 e. The van der Waals surface area contributed by atoms with Gasteiger partial charge in [-0.05, 0) is 49.6 Å². The van der Waals surface area contributed by atoms with Crippen molar-refractivity contribution in [2.24, 2.45) is 5.73 Å². The number of hydrogen-bond acceptors (Lipinski definition) is 3. The van der Waals surface area contributed by atoms with Crippen molar-refractivity contribution in [1.82, 2.24) is 4.90 Å². The van der Waals surface area contributed by atoms with Crippen molar-refractivity contribution in [3.63, 3.8) is 0 Å². The van der Waals surface area contributed by atoms with E-state index >= 15 is 0 Å². The first-order valence-electron chi connectivity index (χ1n) is 6.85. The van der Waals surface area contributed by atoms with Crippen LogP contribution >= 0.6 is 23.4 Å². The second-order valence-corrected chi connectivity index (χ2v) is 6.60. The van der Waals surface area contributed by atoms with Gasteiger partial charge < -0.3 is 5.73 Å². The highest BCUT2D eigenvalue weighted by molar-refractivity contribution is 7.99. The zero-order valence-corrected chi connectivity index (χ0v) is 13.7. The highest BCUT2D eigenvalue weighted by atomic mass is 35.5. The molecule has 0 aromatic heterocycles. The molecule has 0 radical (unpaired) electrons. The maximum Gasteiger partial charge on any atom is 0.0406 e.